The Morgan fingerprint density at radius 1 is 0.593 bits per heavy atom. The molecule has 0 N–H and O–H groups in total. The minimum absolute atomic E-state index is 0.328. The summed E-state index contributed by atoms with van der Waals surface area (Å²) in [6.45, 7) is 1.70. The van der Waals surface area contributed by atoms with Crippen LogP contribution in [0.25, 0.3) is 0 Å². The van der Waals surface area contributed by atoms with E-state index in [1.54, 1.807) is 0 Å². The quantitative estimate of drug-likeness (QED) is 0.405. The maximum atomic E-state index is 12.0. The minimum atomic E-state index is -0.613. The molecule has 10 heteroatoms. The molecule has 4 unspecified atom stereocenters. The number of carbonyl (C=O) groups excluding carboxylic acids is 4. The van der Waals surface area contributed by atoms with Gasteiger partial charge >= 0.3 is 23.9 Å². The molecule has 27 heavy (non-hydrogen) atoms. The van der Waals surface area contributed by atoms with Crippen molar-refractivity contribution in [1.29, 1.82) is 0 Å². The van der Waals surface area contributed by atoms with Crippen LogP contribution in [0.1, 0.15) is 0 Å². The lowest BCUT2D eigenvalue weighted by molar-refractivity contribution is -0.155. The molecule has 0 aliphatic carbocycles. The summed E-state index contributed by atoms with van der Waals surface area (Å²) in [5.74, 6) is -4.31. The average Bonchev–Trinajstić information content (AvgIpc) is 3.30. The van der Waals surface area contributed by atoms with E-state index in [2.05, 4.69) is 0 Å². The zero-order chi connectivity index (χ0) is 20.1. The SMILES string of the molecule is COC(=O)C1CN(CN2CC(C(=O)OC)C(C(=O)OC)C2)CC1C(=O)OC. The summed E-state index contributed by atoms with van der Waals surface area (Å²) < 4.78 is 19.2. The zero-order valence-corrected chi connectivity index (χ0v) is 16.0. The molecule has 2 saturated heterocycles. The maximum absolute atomic E-state index is 12.0. The Kier molecular flexibility index (Phi) is 7.14. The molecular weight excluding hydrogens is 360 g/mol. The Hall–Kier alpha value is -2.20. The van der Waals surface area contributed by atoms with Gasteiger partial charge in [0.15, 0.2) is 0 Å². The Labute approximate surface area is 157 Å². The second-order valence-electron chi connectivity index (χ2n) is 6.73. The van der Waals surface area contributed by atoms with Crippen LogP contribution in [0.3, 0.4) is 0 Å². The number of hydrogen-bond donors (Lipinski definition) is 0. The fourth-order valence-electron chi connectivity index (χ4n) is 3.85. The molecule has 0 radical (unpaired) electrons. The van der Waals surface area contributed by atoms with E-state index < -0.39 is 47.5 Å². The van der Waals surface area contributed by atoms with E-state index in [1.165, 1.54) is 28.4 Å². The first-order chi connectivity index (χ1) is 12.9. The molecule has 2 fully saturated rings. The van der Waals surface area contributed by atoms with Gasteiger partial charge in [-0.3, -0.25) is 29.0 Å². The summed E-state index contributed by atoms with van der Waals surface area (Å²) in [6, 6.07) is 0. The molecular formula is C17H26N2O8. The van der Waals surface area contributed by atoms with Crippen LogP contribution in [0.5, 0.6) is 0 Å². The number of carbonyl (C=O) groups is 4. The number of likely N-dealkylation sites (tertiary alicyclic amines) is 2. The predicted octanol–water partition coefficient (Wildman–Crippen LogP) is -1.27. The van der Waals surface area contributed by atoms with Crippen LogP contribution in [-0.2, 0) is 38.1 Å². The minimum Gasteiger partial charge on any atom is -0.469 e. The van der Waals surface area contributed by atoms with Crippen LogP contribution in [0.4, 0.5) is 0 Å². The fourth-order valence-corrected chi connectivity index (χ4v) is 3.85. The summed E-state index contributed by atoms with van der Waals surface area (Å²) in [6.07, 6.45) is 0. The predicted molar refractivity (Wildman–Crippen MR) is 90.0 cm³/mol. The monoisotopic (exact) mass is 386 g/mol. The van der Waals surface area contributed by atoms with Crippen LogP contribution in [0, 0.1) is 23.7 Å². The first-order valence-electron chi connectivity index (χ1n) is 8.62. The fraction of sp³-hybridized carbons (Fsp3) is 0.765. The summed E-state index contributed by atoms with van der Waals surface area (Å²) in [5, 5.41) is 0. The standard InChI is InChI=1S/C17H26N2O8/c1-24-14(20)10-5-18(6-11(10)15(21)25-2)9-19-7-12(16(22)26-3)13(8-19)17(23)27-4/h10-13H,5-9H2,1-4H3. The highest BCUT2D eigenvalue weighted by Gasteiger charge is 2.47. The van der Waals surface area contributed by atoms with E-state index >= 15 is 0 Å². The summed E-state index contributed by atoms with van der Waals surface area (Å²) in [4.78, 5) is 51.8. The molecule has 152 valence electrons. The normalized spacial score (nSPS) is 28.6. The molecule has 0 saturated carbocycles. The first-order valence-corrected chi connectivity index (χ1v) is 8.62. The molecule has 0 aromatic rings. The number of ether oxygens (including phenoxy) is 4. The number of methoxy groups -OCH3 is 4. The van der Waals surface area contributed by atoms with E-state index in [1.807, 2.05) is 9.80 Å². The Morgan fingerprint density at radius 2 is 0.815 bits per heavy atom. The number of nitrogens with zero attached hydrogens (tertiary/aromatic N) is 2. The Bertz CT molecular complexity index is 497. The van der Waals surface area contributed by atoms with Gasteiger partial charge in [0.1, 0.15) is 0 Å². The molecule has 2 aliphatic rings. The van der Waals surface area contributed by atoms with Crippen molar-refractivity contribution in [3.63, 3.8) is 0 Å². The Balaban J connectivity index is 2.06. The van der Waals surface area contributed by atoms with Crippen molar-refractivity contribution in [1.82, 2.24) is 9.80 Å². The lowest BCUT2D eigenvalue weighted by atomic mass is 9.96. The van der Waals surface area contributed by atoms with Gasteiger partial charge in [-0.2, -0.15) is 0 Å². The van der Waals surface area contributed by atoms with E-state index in [-0.39, 0.29) is 0 Å². The van der Waals surface area contributed by atoms with Crippen LogP contribution >= 0.6 is 0 Å². The second kappa shape index (κ2) is 9.14. The zero-order valence-electron chi connectivity index (χ0n) is 16.0. The van der Waals surface area contributed by atoms with Crippen molar-refractivity contribution in [2.45, 2.75) is 0 Å². The smallest absolute Gasteiger partial charge is 0.310 e. The molecule has 0 amide bonds. The van der Waals surface area contributed by atoms with Gasteiger partial charge < -0.3 is 18.9 Å². The van der Waals surface area contributed by atoms with E-state index in [0.717, 1.165) is 0 Å². The van der Waals surface area contributed by atoms with Crippen molar-refractivity contribution < 1.29 is 38.1 Å². The molecule has 0 aromatic carbocycles. The third-order valence-corrected chi connectivity index (χ3v) is 5.21. The van der Waals surface area contributed by atoms with Crippen LogP contribution in [-0.4, -0.2) is 95.0 Å². The largest absolute Gasteiger partial charge is 0.469 e. The van der Waals surface area contributed by atoms with Gasteiger partial charge in [-0.25, -0.2) is 0 Å². The highest BCUT2D eigenvalue weighted by atomic mass is 16.5. The third-order valence-electron chi connectivity index (χ3n) is 5.21. The van der Waals surface area contributed by atoms with E-state index in [4.69, 9.17) is 18.9 Å². The van der Waals surface area contributed by atoms with Crippen molar-refractivity contribution in [2.24, 2.45) is 23.7 Å². The summed E-state index contributed by atoms with van der Waals surface area (Å²) >= 11 is 0. The lowest BCUT2D eigenvalue weighted by Gasteiger charge is -2.23. The molecule has 2 rings (SSSR count). The van der Waals surface area contributed by atoms with E-state index in [9.17, 15) is 19.2 Å². The van der Waals surface area contributed by atoms with Crippen molar-refractivity contribution in [3.8, 4) is 0 Å². The van der Waals surface area contributed by atoms with Gasteiger partial charge in [-0.05, 0) is 0 Å². The highest BCUT2D eigenvalue weighted by Crippen LogP contribution is 2.29. The van der Waals surface area contributed by atoms with Crippen molar-refractivity contribution in [2.75, 3.05) is 61.3 Å². The van der Waals surface area contributed by atoms with Gasteiger partial charge in [0.05, 0.1) is 58.8 Å². The topological polar surface area (TPSA) is 112 Å². The maximum Gasteiger partial charge on any atom is 0.310 e. The summed E-state index contributed by atoms with van der Waals surface area (Å²) in [7, 11) is 5.12. The molecule has 0 bridgehead atoms. The van der Waals surface area contributed by atoms with Gasteiger partial charge in [-0.1, -0.05) is 0 Å². The first kappa shape index (κ1) is 21.1. The van der Waals surface area contributed by atoms with Gasteiger partial charge in [0.2, 0.25) is 0 Å². The van der Waals surface area contributed by atoms with Crippen LogP contribution < -0.4 is 0 Å². The van der Waals surface area contributed by atoms with Gasteiger partial charge in [0.25, 0.3) is 0 Å². The molecule has 4 atom stereocenters. The van der Waals surface area contributed by atoms with Crippen molar-refractivity contribution >= 4 is 23.9 Å². The molecule has 10 nitrogen and oxygen atoms in total. The molecule has 0 spiro atoms. The number of rotatable bonds is 6. The second-order valence-corrected chi connectivity index (χ2v) is 6.73. The third kappa shape index (κ3) is 4.56. The van der Waals surface area contributed by atoms with Crippen LogP contribution in [0.15, 0.2) is 0 Å². The van der Waals surface area contributed by atoms with Crippen LogP contribution in [0.2, 0.25) is 0 Å². The van der Waals surface area contributed by atoms with Gasteiger partial charge in [-0.15, -0.1) is 0 Å². The van der Waals surface area contributed by atoms with Crippen molar-refractivity contribution in [3.05, 3.63) is 0 Å². The molecule has 0 aromatic heterocycles. The highest BCUT2D eigenvalue weighted by molar-refractivity contribution is 5.83. The number of hydrogen-bond acceptors (Lipinski definition) is 10. The van der Waals surface area contributed by atoms with E-state index in [0.29, 0.717) is 32.8 Å². The number of esters is 4. The molecule has 2 aliphatic heterocycles. The molecule has 2 heterocycles. The summed E-state index contributed by atoms with van der Waals surface area (Å²) in [5.41, 5.74) is 0. The van der Waals surface area contributed by atoms with Gasteiger partial charge in [0, 0.05) is 26.2 Å². The average molecular weight is 386 g/mol. The Morgan fingerprint density at radius 3 is 1.00 bits per heavy atom. The lowest BCUT2D eigenvalue weighted by Crippen LogP contribution is -2.37.